The van der Waals surface area contributed by atoms with Gasteiger partial charge in [-0.25, -0.2) is 0 Å². The second-order valence-electron chi connectivity index (χ2n) is 5.17. The van der Waals surface area contributed by atoms with E-state index < -0.39 is 17.5 Å². The fourth-order valence-electron chi connectivity index (χ4n) is 2.76. The van der Waals surface area contributed by atoms with E-state index in [2.05, 4.69) is 5.16 Å². The molecule has 0 fully saturated rings. The number of aryl methyl sites for hydroxylation is 2. The molecule has 104 valence electrons. The van der Waals surface area contributed by atoms with Crippen LogP contribution in [-0.2, 0) is 11.2 Å². The number of Topliss-reactive ketones (excluding diaryl/α,β-unsaturated/α-hetero) is 2. The summed E-state index contributed by atoms with van der Waals surface area (Å²) < 4.78 is 5.10. The maximum absolute atomic E-state index is 12.2. The summed E-state index contributed by atoms with van der Waals surface area (Å²) in [5.74, 6) is -0.800. The molecule has 0 amide bonds. The van der Waals surface area contributed by atoms with Crippen LogP contribution in [0.4, 0.5) is 0 Å². The van der Waals surface area contributed by atoms with Crippen LogP contribution < -0.4 is 0 Å². The molecule has 1 unspecified atom stereocenters. The summed E-state index contributed by atoms with van der Waals surface area (Å²) in [4.78, 5) is 24.3. The van der Waals surface area contributed by atoms with E-state index >= 15 is 0 Å². The molecule has 0 saturated heterocycles. The SMILES string of the molecule is Cc1noc(C)c1CC1C(=O)C(=O)c2cc(C#N)ccc21. The lowest BCUT2D eigenvalue weighted by molar-refractivity contribution is -0.115. The van der Waals surface area contributed by atoms with E-state index in [1.54, 1.807) is 19.1 Å². The molecule has 1 aliphatic carbocycles. The van der Waals surface area contributed by atoms with Gasteiger partial charge >= 0.3 is 0 Å². The Labute approximate surface area is 121 Å². The predicted molar refractivity (Wildman–Crippen MR) is 72.9 cm³/mol. The van der Waals surface area contributed by atoms with Gasteiger partial charge in [-0.2, -0.15) is 5.26 Å². The number of nitriles is 1. The Balaban J connectivity index is 2.05. The van der Waals surface area contributed by atoms with E-state index in [9.17, 15) is 9.59 Å². The number of hydrogen-bond donors (Lipinski definition) is 0. The van der Waals surface area contributed by atoms with Gasteiger partial charge in [0.15, 0.2) is 0 Å². The van der Waals surface area contributed by atoms with Crippen molar-refractivity contribution in [1.82, 2.24) is 5.16 Å². The van der Waals surface area contributed by atoms with Crippen molar-refractivity contribution in [1.29, 1.82) is 5.26 Å². The first-order valence-electron chi connectivity index (χ1n) is 6.57. The van der Waals surface area contributed by atoms with Gasteiger partial charge in [0.25, 0.3) is 0 Å². The summed E-state index contributed by atoms with van der Waals surface area (Å²) in [6.07, 6.45) is 0.393. The lowest BCUT2D eigenvalue weighted by atomic mass is 9.92. The van der Waals surface area contributed by atoms with Gasteiger partial charge in [-0.1, -0.05) is 11.2 Å². The third kappa shape index (κ3) is 1.96. The smallest absolute Gasteiger partial charge is 0.229 e. The van der Waals surface area contributed by atoms with Crippen molar-refractivity contribution in [3.8, 4) is 6.07 Å². The second-order valence-corrected chi connectivity index (χ2v) is 5.17. The van der Waals surface area contributed by atoms with Crippen LogP contribution in [0.15, 0.2) is 22.7 Å². The third-order valence-electron chi connectivity index (χ3n) is 3.93. The summed E-state index contributed by atoms with van der Waals surface area (Å²) >= 11 is 0. The van der Waals surface area contributed by atoms with Crippen molar-refractivity contribution in [2.75, 3.05) is 0 Å². The Morgan fingerprint density at radius 2 is 2.10 bits per heavy atom. The average molecular weight is 280 g/mol. The Morgan fingerprint density at radius 1 is 1.33 bits per heavy atom. The van der Waals surface area contributed by atoms with Crippen LogP contribution in [0, 0.1) is 25.2 Å². The summed E-state index contributed by atoms with van der Waals surface area (Å²) in [6.45, 7) is 3.60. The molecule has 1 aliphatic rings. The molecule has 0 aliphatic heterocycles. The van der Waals surface area contributed by atoms with E-state index in [0.717, 1.165) is 11.3 Å². The van der Waals surface area contributed by atoms with Crippen LogP contribution in [0.2, 0.25) is 0 Å². The maximum atomic E-state index is 12.2. The fraction of sp³-hybridized carbons (Fsp3) is 0.250. The quantitative estimate of drug-likeness (QED) is 0.788. The highest BCUT2D eigenvalue weighted by Gasteiger charge is 2.39. The van der Waals surface area contributed by atoms with Crippen LogP contribution in [-0.4, -0.2) is 16.7 Å². The van der Waals surface area contributed by atoms with Gasteiger partial charge in [-0.3, -0.25) is 9.59 Å². The standard InChI is InChI=1S/C16H12N2O3/c1-8-12(9(2)21-18-8)6-14-11-4-3-10(7-17)5-13(11)15(19)16(14)20/h3-5,14H,6H2,1-2H3. The Morgan fingerprint density at radius 3 is 2.71 bits per heavy atom. The number of aromatic nitrogens is 1. The van der Waals surface area contributed by atoms with Crippen LogP contribution in [0.1, 0.15) is 44.4 Å². The largest absolute Gasteiger partial charge is 0.361 e. The third-order valence-corrected chi connectivity index (χ3v) is 3.93. The van der Waals surface area contributed by atoms with E-state index in [1.165, 1.54) is 6.07 Å². The maximum Gasteiger partial charge on any atom is 0.229 e. The number of nitrogens with zero attached hydrogens (tertiary/aromatic N) is 2. The molecule has 1 aromatic carbocycles. The minimum atomic E-state index is -0.517. The molecule has 2 aromatic rings. The normalized spacial score (nSPS) is 16.9. The molecule has 5 nitrogen and oxygen atoms in total. The summed E-state index contributed by atoms with van der Waals surface area (Å²) in [7, 11) is 0. The number of carbonyl (C=O) groups excluding carboxylic acids is 2. The minimum absolute atomic E-state index is 0.343. The average Bonchev–Trinajstić information content (AvgIpc) is 2.93. The van der Waals surface area contributed by atoms with Gasteiger partial charge in [0.1, 0.15) is 5.76 Å². The molecule has 0 spiro atoms. The van der Waals surface area contributed by atoms with Crippen LogP contribution in [0.3, 0.4) is 0 Å². The molecule has 1 heterocycles. The molecule has 1 aromatic heterocycles. The Bertz CT molecular complexity index is 792. The molecule has 3 rings (SSSR count). The van der Waals surface area contributed by atoms with Crippen molar-refractivity contribution in [3.05, 3.63) is 51.9 Å². The highest BCUT2D eigenvalue weighted by Crippen LogP contribution is 2.34. The van der Waals surface area contributed by atoms with Gasteiger partial charge in [-0.15, -0.1) is 0 Å². The van der Waals surface area contributed by atoms with E-state index in [0.29, 0.717) is 28.9 Å². The highest BCUT2D eigenvalue weighted by molar-refractivity contribution is 6.49. The molecule has 0 radical (unpaired) electrons. The van der Waals surface area contributed by atoms with Crippen molar-refractivity contribution < 1.29 is 14.1 Å². The highest BCUT2D eigenvalue weighted by atomic mass is 16.5. The number of ketones is 2. The molecule has 0 N–H and O–H groups in total. The van der Waals surface area contributed by atoms with Crippen LogP contribution in [0.25, 0.3) is 0 Å². The number of fused-ring (bicyclic) bond motifs is 1. The second kappa shape index (κ2) is 4.67. The molecule has 1 atom stereocenters. The summed E-state index contributed by atoms with van der Waals surface area (Å²) in [6, 6.07) is 6.80. The van der Waals surface area contributed by atoms with Gasteiger partial charge in [0, 0.05) is 11.1 Å². The number of carbonyl (C=O) groups is 2. The van der Waals surface area contributed by atoms with Crippen molar-refractivity contribution in [3.63, 3.8) is 0 Å². The fourth-order valence-corrected chi connectivity index (χ4v) is 2.76. The monoisotopic (exact) mass is 280 g/mol. The van der Waals surface area contributed by atoms with Gasteiger partial charge in [0.05, 0.1) is 23.2 Å². The van der Waals surface area contributed by atoms with E-state index in [1.807, 2.05) is 13.0 Å². The topological polar surface area (TPSA) is 84.0 Å². The first kappa shape index (κ1) is 13.3. The molecule has 5 heteroatoms. The van der Waals surface area contributed by atoms with Crippen molar-refractivity contribution >= 4 is 11.6 Å². The number of hydrogen-bond acceptors (Lipinski definition) is 5. The molecular formula is C16H12N2O3. The lowest BCUT2D eigenvalue weighted by Crippen LogP contribution is -2.15. The van der Waals surface area contributed by atoms with Crippen LogP contribution >= 0.6 is 0 Å². The number of benzene rings is 1. The van der Waals surface area contributed by atoms with E-state index in [4.69, 9.17) is 9.78 Å². The summed E-state index contributed by atoms with van der Waals surface area (Å²) in [5.41, 5.74) is 3.00. The number of rotatable bonds is 2. The predicted octanol–water partition coefficient (Wildman–Crippen LogP) is 2.25. The Kier molecular flexibility index (Phi) is 2.95. The summed E-state index contributed by atoms with van der Waals surface area (Å²) in [5, 5.41) is 12.8. The molecule has 21 heavy (non-hydrogen) atoms. The zero-order valence-corrected chi connectivity index (χ0v) is 11.6. The van der Waals surface area contributed by atoms with Crippen molar-refractivity contribution in [2.45, 2.75) is 26.2 Å². The molecule has 0 bridgehead atoms. The first-order valence-corrected chi connectivity index (χ1v) is 6.57. The molecule has 0 saturated carbocycles. The van der Waals surface area contributed by atoms with Crippen molar-refractivity contribution in [2.24, 2.45) is 0 Å². The Hall–Kier alpha value is -2.74. The van der Waals surface area contributed by atoms with E-state index in [-0.39, 0.29) is 0 Å². The van der Waals surface area contributed by atoms with Gasteiger partial charge < -0.3 is 4.52 Å². The van der Waals surface area contributed by atoms with Gasteiger partial charge in [-0.05, 0) is 38.0 Å². The zero-order valence-electron chi connectivity index (χ0n) is 11.6. The lowest BCUT2D eigenvalue weighted by Gasteiger charge is -2.09. The first-order chi connectivity index (χ1) is 10.0. The van der Waals surface area contributed by atoms with Gasteiger partial charge in [0.2, 0.25) is 11.6 Å². The zero-order chi connectivity index (χ0) is 15.1. The van der Waals surface area contributed by atoms with Crippen LogP contribution in [0.5, 0.6) is 0 Å². The molecular weight excluding hydrogens is 268 g/mol. The minimum Gasteiger partial charge on any atom is -0.361 e.